The van der Waals surface area contributed by atoms with Crippen LogP contribution >= 0.6 is 0 Å². The maximum Gasteiger partial charge on any atom is 0.168 e. The lowest BCUT2D eigenvalue weighted by atomic mass is 9.80. The number of allylic oxidation sites excluding steroid dienone is 1. The molecule has 1 saturated carbocycles. The fraction of sp³-hybridized carbons (Fsp3) is 0.444. The largest absolute Gasteiger partial charge is 0.387 e. The molecule has 4 heteroatoms. The Hall–Kier alpha value is -1.94. The van der Waals surface area contributed by atoms with Crippen molar-refractivity contribution in [2.24, 2.45) is 0 Å². The lowest BCUT2D eigenvalue weighted by Gasteiger charge is -2.25. The van der Waals surface area contributed by atoms with E-state index in [4.69, 9.17) is 0 Å². The Morgan fingerprint density at radius 1 is 1.00 bits per heavy atom. The molecule has 2 aliphatic rings. The van der Waals surface area contributed by atoms with Gasteiger partial charge in [0, 0.05) is 25.1 Å². The molecular weight excluding hydrogens is 276 g/mol. The van der Waals surface area contributed by atoms with Crippen molar-refractivity contribution in [2.75, 3.05) is 13.1 Å². The summed E-state index contributed by atoms with van der Waals surface area (Å²) in [6, 6.07) is 10.2. The summed E-state index contributed by atoms with van der Waals surface area (Å²) in [7, 11) is 0. The summed E-state index contributed by atoms with van der Waals surface area (Å²) in [5, 5.41) is 6.56. The molecule has 1 aliphatic heterocycles. The van der Waals surface area contributed by atoms with Gasteiger partial charge in [0.2, 0.25) is 0 Å². The van der Waals surface area contributed by atoms with Crippen LogP contribution in [0.25, 0.3) is 0 Å². The number of nitrogens with one attached hydrogen (secondary N) is 2. The van der Waals surface area contributed by atoms with Gasteiger partial charge in [-0.25, -0.2) is 0 Å². The number of hydrogen-bond donors (Lipinski definition) is 2. The highest BCUT2D eigenvalue weighted by Crippen LogP contribution is 2.31. The van der Waals surface area contributed by atoms with E-state index in [1.54, 1.807) is 6.20 Å². The average molecular weight is 298 g/mol. The van der Waals surface area contributed by atoms with Crippen molar-refractivity contribution in [3.63, 3.8) is 0 Å². The molecule has 1 aliphatic carbocycles. The molecule has 4 nitrogen and oxygen atoms in total. The molecule has 0 bridgehead atoms. The fourth-order valence-electron chi connectivity index (χ4n) is 3.21. The van der Waals surface area contributed by atoms with E-state index in [2.05, 4.69) is 10.6 Å². The summed E-state index contributed by atoms with van der Waals surface area (Å²) in [6.07, 6.45) is 4.57. The predicted octanol–water partition coefficient (Wildman–Crippen LogP) is 1.93. The number of carbonyl (C=O) groups is 2. The van der Waals surface area contributed by atoms with E-state index in [1.807, 2.05) is 30.3 Å². The van der Waals surface area contributed by atoms with Gasteiger partial charge in [0.1, 0.15) is 0 Å². The van der Waals surface area contributed by atoms with Crippen LogP contribution in [0.2, 0.25) is 0 Å². The van der Waals surface area contributed by atoms with Crippen LogP contribution in [0.15, 0.2) is 42.1 Å². The van der Waals surface area contributed by atoms with Crippen LogP contribution in [0.5, 0.6) is 0 Å². The topological polar surface area (TPSA) is 58.2 Å². The van der Waals surface area contributed by atoms with Gasteiger partial charge in [0.05, 0.1) is 5.57 Å². The van der Waals surface area contributed by atoms with Crippen molar-refractivity contribution >= 4 is 11.6 Å². The number of piperidine rings is 1. The predicted molar refractivity (Wildman–Crippen MR) is 85.5 cm³/mol. The van der Waals surface area contributed by atoms with Crippen LogP contribution in [0.1, 0.15) is 37.2 Å². The van der Waals surface area contributed by atoms with Gasteiger partial charge in [-0.15, -0.1) is 0 Å². The third kappa shape index (κ3) is 3.45. The third-order valence-corrected chi connectivity index (χ3v) is 4.54. The van der Waals surface area contributed by atoms with Gasteiger partial charge in [-0.2, -0.15) is 0 Å². The summed E-state index contributed by atoms with van der Waals surface area (Å²) in [4.78, 5) is 24.6. The standard InChI is InChI=1S/C18H22N2O2/c21-17-10-14(13-4-2-1-3-5-13)11-18(22)16(17)12-20-15-6-8-19-9-7-15/h1-5,12,14-15,19-20H,6-11H2. The third-order valence-electron chi connectivity index (χ3n) is 4.54. The molecule has 1 aromatic rings. The first-order valence-electron chi connectivity index (χ1n) is 8.02. The Bertz CT molecular complexity index is 554. The van der Waals surface area contributed by atoms with Crippen molar-refractivity contribution in [2.45, 2.75) is 37.6 Å². The van der Waals surface area contributed by atoms with Gasteiger partial charge < -0.3 is 10.6 Å². The lowest BCUT2D eigenvalue weighted by Crippen LogP contribution is -2.38. The minimum Gasteiger partial charge on any atom is -0.387 e. The number of benzene rings is 1. The maximum atomic E-state index is 12.3. The molecule has 116 valence electrons. The Labute approximate surface area is 131 Å². The van der Waals surface area contributed by atoms with Gasteiger partial charge in [-0.05, 0) is 37.4 Å². The number of hydrogen-bond acceptors (Lipinski definition) is 4. The van der Waals surface area contributed by atoms with Crippen LogP contribution < -0.4 is 10.6 Å². The van der Waals surface area contributed by atoms with Crippen LogP contribution in [-0.4, -0.2) is 30.7 Å². The first kappa shape index (κ1) is 15.0. The highest BCUT2D eigenvalue weighted by atomic mass is 16.1. The Kier molecular flexibility index (Phi) is 4.68. The smallest absolute Gasteiger partial charge is 0.168 e. The van der Waals surface area contributed by atoms with Gasteiger partial charge in [-0.3, -0.25) is 9.59 Å². The van der Waals surface area contributed by atoms with Crippen molar-refractivity contribution < 1.29 is 9.59 Å². The molecule has 3 rings (SSSR count). The second-order valence-electron chi connectivity index (χ2n) is 6.11. The average Bonchev–Trinajstić information content (AvgIpc) is 2.56. The maximum absolute atomic E-state index is 12.3. The molecule has 1 aromatic carbocycles. The molecule has 0 spiro atoms. The van der Waals surface area contributed by atoms with E-state index in [-0.39, 0.29) is 17.5 Å². The minimum absolute atomic E-state index is 0.0252. The zero-order valence-corrected chi connectivity index (χ0v) is 12.7. The SMILES string of the molecule is O=C1CC(c2ccccc2)CC(=O)C1=CNC1CCNCC1. The fourth-order valence-corrected chi connectivity index (χ4v) is 3.21. The molecule has 0 amide bonds. The zero-order valence-electron chi connectivity index (χ0n) is 12.7. The first-order chi connectivity index (χ1) is 10.7. The van der Waals surface area contributed by atoms with Crippen LogP contribution in [-0.2, 0) is 9.59 Å². The summed E-state index contributed by atoms with van der Waals surface area (Å²) in [5.74, 6) is -0.0460. The molecule has 2 N–H and O–H groups in total. The molecular formula is C18H22N2O2. The van der Waals surface area contributed by atoms with Gasteiger partial charge in [-0.1, -0.05) is 30.3 Å². The quantitative estimate of drug-likeness (QED) is 0.661. The van der Waals surface area contributed by atoms with E-state index >= 15 is 0 Å². The van der Waals surface area contributed by atoms with Crippen molar-refractivity contribution in [3.05, 3.63) is 47.7 Å². The van der Waals surface area contributed by atoms with Gasteiger partial charge >= 0.3 is 0 Å². The molecule has 22 heavy (non-hydrogen) atoms. The van der Waals surface area contributed by atoms with Crippen LogP contribution in [0, 0.1) is 0 Å². The van der Waals surface area contributed by atoms with E-state index in [1.165, 1.54) is 0 Å². The zero-order chi connectivity index (χ0) is 15.4. The minimum atomic E-state index is -0.0356. The summed E-state index contributed by atoms with van der Waals surface area (Å²) < 4.78 is 0. The molecule has 2 fully saturated rings. The monoisotopic (exact) mass is 298 g/mol. The lowest BCUT2D eigenvalue weighted by molar-refractivity contribution is -0.124. The van der Waals surface area contributed by atoms with E-state index in [0.717, 1.165) is 31.5 Å². The Morgan fingerprint density at radius 3 is 2.27 bits per heavy atom. The van der Waals surface area contributed by atoms with E-state index in [0.29, 0.717) is 24.5 Å². The molecule has 0 aromatic heterocycles. The van der Waals surface area contributed by atoms with Gasteiger partial charge in [0.25, 0.3) is 0 Å². The van der Waals surface area contributed by atoms with Crippen LogP contribution in [0.3, 0.4) is 0 Å². The number of rotatable bonds is 3. The van der Waals surface area contributed by atoms with E-state index < -0.39 is 0 Å². The Balaban J connectivity index is 1.65. The van der Waals surface area contributed by atoms with Gasteiger partial charge in [0.15, 0.2) is 11.6 Å². The van der Waals surface area contributed by atoms with Crippen LogP contribution in [0.4, 0.5) is 0 Å². The highest BCUT2D eigenvalue weighted by molar-refractivity contribution is 6.22. The summed E-state index contributed by atoms with van der Waals surface area (Å²) in [5.41, 5.74) is 1.43. The van der Waals surface area contributed by atoms with Crippen molar-refractivity contribution in [1.29, 1.82) is 0 Å². The Morgan fingerprint density at radius 2 is 1.64 bits per heavy atom. The second kappa shape index (κ2) is 6.88. The number of ketones is 2. The molecule has 0 radical (unpaired) electrons. The van der Waals surface area contributed by atoms with Crippen molar-refractivity contribution in [1.82, 2.24) is 10.6 Å². The molecule has 0 atom stereocenters. The summed E-state index contributed by atoms with van der Waals surface area (Å²) in [6.45, 7) is 1.97. The highest BCUT2D eigenvalue weighted by Gasteiger charge is 2.31. The first-order valence-corrected chi connectivity index (χ1v) is 8.02. The second-order valence-corrected chi connectivity index (χ2v) is 6.11. The van der Waals surface area contributed by atoms with E-state index in [9.17, 15) is 9.59 Å². The number of Topliss-reactive ketones (excluding diaryl/α,β-unsaturated/α-hetero) is 2. The summed E-state index contributed by atoms with van der Waals surface area (Å²) >= 11 is 0. The molecule has 1 saturated heterocycles. The number of carbonyl (C=O) groups excluding carboxylic acids is 2. The molecule has 0 unspecified atom stereocenters. The van der Waals surface area contributed by atoms with Crippen molar-refractivity contribution in [3.8, 4) is 0 Å². The normalized spacial score (nSPS) is 23.5. The molecule has 1 heterocycles.